The zero-order chi connectivity index (χ0) is 16.8. The van der Waals surface area contributed by atoms with Crippen molar-refractivity contribution in [3.8, 4) is 0 Å². The Bertz CT molecular complexity index is 660. The van der Waals surface area contributed by atoms with Crippen LogP contribution in [-0.4, -0.2) is 42.0 Å². The van der Waals surface area contributed by atoms with Crippen molar-refractivity contribution in [1.82, 2.24) is 15.2 Å². The predicted octanol–water partition coefficient (Wildman–Crippen LogP) is 2.81. The van der Waals surface area contributed by atoms with E-state index in [-0.39, 0.29) is 5.91 Å². The number of nitrogens with zero attached hydrogens (tertiary/aromatic N) is 2. The minimum atomic E-state index is 0.169. The first-order chi connectivity index (χ1) is 11.7. The first-order valence-electron chi connectivity index (χ1n) is 8.53. The first kappa shape index (κ1) is 16.9. The summed E-state index contributed by atoms with van der Waals surface area (Å²) in [4.78, 5) is 18.9. The van der Waals surface area contributed by atoms with Gasteiger partial charge in [0.25, 0.3) is 0 Å². The average molecular weight is 344 g/mol. The van der Waals surface area contributed by atoms with Gasteiger partial charge in [0.05, 0.1) is 12.1 Å². The van der Waals surface area contributed by atoms with Crippen LogP contribution in [0.1, 0.15) is 24.6 Å². The van der Waals surface area contributed by atoms with E-state index in [0.29, 0.717) is 6.42 Å². The van der Waals surface area contributed by atoms with E-state index in [1.54, 1.807) is 11.3 Å². The van der Waals surface area contributed by atoms with Crippen molar-refractivity contribution in [2.24, 2.45) is 0 Å². The van der Waals surface area contributed by atoms with Crippen molar-refractivity contribution in [1.29, 1.82) is 0 Å². The lowest BCUT2D eigenvalue weighted by Crippen LogP contribution is -2.35. The molecular weight excluding hydrogens is 320 g/mol. The van der Waals surface area contributed by atoms with Gasteiger partial charge in [-0.05, 0) is 37.1 Å². The molecule has 0 bridgehead atoms. The lowest BCUT2D eigenvalue weighted by molar-refractivity contribution is -0.130. The van der Waals surface area contributed by atoms with E-state index in [1.807, 2.05) is 10.3 Å². The Morgan fingerprint density at radius 3 is 2.92 bits per heavy atom. The van der Waals surface area contributed by atoms with E-state index < -0.39 is 0 Å². The number of thiazole rings is 1. The highest BCUT2D eigenvalue weighted by Crippen LogP contribution is 2.22. The predicted molar refractivity (Wildman–Crippen MR) is 99.0 cm³/mol. The monoisotopic (exact) mass is 344 g/mol. The van der Waals surface area contributed by atoms with E-state index in [0.717, 1.165) is 55.5 Å². The molecule has 0 saturated carbocycles. The van der Waals surface area contributed by atoms with E-state index in [4.69, 9.17) is 0 Å². The third-order valence-electron chi connectivity index (χ3n) is 4.19. The van der Waals surface area contributed by atoms with Gasteiger partial charge in [0.2, 0.25) is 5.91 Å². The maximum atomic E-state index is 12.4. The SMILES string of the molecule is CCc1ccc(Nc2nc(CC(=O)N3CCCNCC3)cs2)cc1. The molecule has 2 N–H and O–H groups in total. The number of carbonyl (C=O) groups is 1. The summed E-state index contributed by atoms with van der Waals surface area (Å²) < 4.78 is 0. The molecule has 0 unspecified atom stereocenters. The first-order valence-corrected chi connectivity index (χ1v) is 9.41. The molecule has 5 nitrogen and oxygen atoms in total. The van der Waals surface area contributed by atoms with Gasteiger partial charge in [-0.2, -0.15) is 0 Å². The Hall–Kier alpha value is -1.92. The van der Waals surface area contributed by atoms with Crippen LogP contribution < -0.4 is 10.6 Å². The highest BCUT2D eigenvalue weighted by atomic mass is 32.1. The van der Waals surface area contributed by atoms with Crippen LogP contribution in [-0.2, 0) is 17.6 Å². The highest BCUT2D eigenvalue weighted by molar-refractivity contribution is 7.13. The van der Waals surface area contributed by atoms with Crippen molar-refractivity contribution in [2.45, 2.75) is 26.2 Å². The number of rotatable bonds is 5. The van der Waals surface area contributed by atoms with Crippen molar-refractivity contribution in [2.75, 3.05) is 31.5 Å². The molecule has 24 heavy (non-hydrogen) atoms. The summed E-state index contributed by atoms with van der Waals surface area (Å²) >= 11 is 1.54. The number of carbonyl (C=O) groups excluding carboxylic acids is 1. The van der Waals surface area contributed by atoms with Crippen LogP contribution in [0.4, 0.5) is 10.8 Å². The molecule has 0 spiro atoms. The van der Waals surface area contributed by atoms with Crippen LogP contribution in [0.25, 0.3) is 0 Å². The summed E-state index contributed by atoms with van der Waals surface area (Å²) in [7, 11) is 0. The largest absolute Gasteiger partial charge is 0.341 e. The van der Waals surface area contributed by atoms with Crippen molar-refractivity contribution < 1.29 is 4.79 Å². The second-order valence-corrected chi connectivity index (χ2v) is 6.84. The number of amides is 1. The van der Waals surface area contributed by atoms with Gasteiger partial charge >= 0.3 is 0 Å². The lowest BCUT2D eigenvalue weighted by atomic mass is 10.1. The summed E-state index contributed by atoms with van der Waals surface area (Å²) in [5.74, 6) is 0.169. The number of nitrogens with one attached hydrogen (secondary N) is 2. The number of anilines is 2. The molecule has 6 heteroatoms. The molecule has 0 atom stereocenters. The van der Waals surface area contributed by atoms with E-state index in [2.05, 4.69) is 46.8 Å². The van der Waals surface area contributed by atoms with Crippen molar-refractivity contribution >= 4 is 28.1 Å². The molecule has 1 fully saturated rings. The third-order valence-corrected chi connectivity index (χ3v) is 5.00. The fourth-order valence-electron chi connectivity index (χ4n) is 2.75. The van der Waals surface area contributed by atoms with E-state index in [9.17, 15) is 4.79 Å². The summed E-state index contributed by atoms with van der Waals surface area (Å²) in [5.41, 5.74) is 3.19. The van der Waals surface area contributed by atoms with Crippen molar-refractivity contribution in [3.05, 3.63) is 40.9 Å². The molecule has 1 saturated heterocycles. The van der Waals surface area contributed by atoms with Crippen LogP contribution in [0.5, 0.6) is 0 Å². The third kappa shape index (κ3) is 4.55. The van der Waals surface area contributed by atoms with Gasteiger partial charge < -0.3 is 15.5 Å². The van der Waals surface area contributed by atoms with Gasteiger partial charge in [-0.1, -0.05) is 19.1 Å². The lowest BCUT2D eigenvalue weighted by Gasteiger charge is -2.19. The fraction of sp³-hybridized carbons (Fsp3) is 0.444. The van der Waals surface area contributed by atoms with Crippen LogP contribution in [0.3, 0.4) is 0 Å². The Morgan fingerprint density at radius 1 is 1.29 bits per heavy atom. The molecule has 1 amide bonds. The maximum absolute atomic E-state index is 12.4. The molecule has 2 aromatic rings. The Kier molecular flexibility index (Phi) is 5.82. The minimum absolute atomic E-state index is 0.169. The van der Waals surface area contributed by atoms with Gasteiger partial charge in [0.1, 0.15) is 0 Å². The quantitative estimate of drug-likeness (QED) is 0.876. The topological polar surface area (TPSA) is 57.3 Å². The number of aromatic nitrogens is 1. The molecule has 0 radical (unpaired) electrons. The molecule has 2 heterocycles. The zero-order valence-electron chi connectivity index (χ0n) is 14.0. The number of aryl methyl sites for hydroxylation is 1. The molecular formula is C18H24N4OS. The molecule has 128 valence electrons. The van der Waals surface area contributed by atoms with Gasteiger partial charge in [-0.25, -0.2) is 4.98 Å². The minimum Gasteiger partial charge on any atom is -0.341 e. The zero-order valence-corrected chi connectivity index (χ0v) is 14.9. The fourth-order valence-corrected chi connectivity index (χ4v) is 3.49. The van der Waals surface area contributed by atoms with Gasteiger partial charge in [-0.15, -0.1) is 11.3 Å². The summed E-state index contributed by atoms with van der Waals surface area (Å²) in [5, 5.41) is 9.43. The highest BCUT2D eigenvalue weighted by Gasteiger charge is 2.17. The van der Waals surface area contributed by atoms with Crippen molar-refractivity contribution in [3.63, 3.8) is 0 Å². The molecule has 3 rings (SSSR count). The number of hydrogen-bond acceptors (Lipinski definition) is 5. The van der Waals surface area contributed by atoms with Crippen LogP contribution in [0.15, 0.2) is 29.6 Å². The average Bonchev–Trinajstić information content (AvgIpc) is 2.86. The van der Waals surface area contributed by atoms with Crippen LogP contribution in [0.2, 0.25) is 0 Å². The summed E-state index contributed by atoms with van der Waals surface area (Å²) in [6.45, 7) is 5.64. The smallest absolute Gasteiger partial charge is 0.228 e. The maximum Gasteiger partial charge on any atom is 0.228 e. The Labute approximate surface area is 147 Å². The normalized spacial score (nSPS) is 15.1. The Balaban J connectivity index is 1.57. The van der Waals surface area contributed by atoms with Crippen LogP contribution >= 0.6 is 11.3 Å². The Morgan fingerprint density at radius 2 is 2.12 bits per heavy atom. The second kappa shape index (κ2) is 8.26. The number of hydrogen-bond donors (Lipinski definition) is 2. The summed E-state index contributed by atoms with van der Waals surface area (Å²) in [6.07, 6.45) is 2.44. The van der Waals surface area contributed by atoms with Gasteiger partial charge in [0, 0.05) is 30.7 Å². The van der Waals surface area contributed by atoms with Crippen LogP contribution in [0, 0.1) is 0 Å². The second-order valence-electron chi connectivity index (χ2n) is 5.98. The standard InChI is InChI=1S/C18H24N4OS/c1-2-14-4-6-15(7-5-14)20-18-21-16(13-24-18)12-17(23)22-10-3-8-19-9-11-22/h4-7,13,19H,2-3,8-12H2,1H3,(H,20,21). The van der Waals surface area contributed by atoms with E-state index >= 15 is 0 Å². The number of benzene rings is 1. The molecule has 1 aromatic carbocycles. The molecule has 1 aliphatic rings. The van der Waals surface area contributed by atoms with E-state index in [1.165, 1.54) is 5.56 Å². The summed E-state index contributed by atoms with van der Waals surface area (Å²) in [6, 6.07) is 8.37. The van der Waals surface area contributed by atoms with Gasteiger partial charge in [-0.3, -0.25) is 4.79 Å². The molecule has 1 aromatic heterocycles. The molecule has 1 aliphatic heterocycles. The van der Waals surface area contributed by atoms with Gasteiger partial charge in [0.15, 0.2) is 5.13 Å². The molecule has 0 aliphatic carbocycles.